The first-order valence-electron chi connectivity index (χ1n) is 9.99. The second-order valence-corrected chi connectivity index (χ2v) is 9.35. The Morgan fingerprint density at radius 1 is 0.906 bits per heavy atom. The first-order chi connectivity index (χ1) is 15.5. The van der Waals surface area contributed by atoms with E-state index in [-0.39, 0.29) is 11.8 Å². The lowest BCUT2D eigenvalue weighted by molar-refractivity contribution is -0.115. The Bertz CT molecular complexity index is 1320. The van der Waals surface area contributed by atoms with Gasteiger partial charge in [0.15, 0.2) is 5.17 Å². The topological polar surface area (TPSA) is 53.0 Å². The molecule has 0 N–H and O–H groups in total. The fourth-order valence-electron chi connectivity index (χ4n) is 3.89. The zero-order valence-corrected chi connectivity index (χ0v) is 19.8. The summed E-state index contributed by atoms with van der Waals surface area (Å²) in [5.41, 5.74) is 4.40. The van der Waals surface area contributed by atoms with Crippen LogP contribution in [0.15, 0.2) is 87.2 Å². The number of halogens is 1. The predicted molar refractivity (Wildman–Crippen MR) is 134 cm³/mol. The molecule has 2 heterocycles. The number of aryl methyl sites for hydroxylation is 1. The summed E-state index contributed by atoms with van der Waals surface area (Å²) in [6.07, 6.45) is 0. The molecule has 2 aliphatic heterocycles. The van der Waals surface area contributed by atoms with Crippen LogP contribution in [-0.2, 0) is 9.59 Å². The summed E-state index contributed by atoms with van der Waals surface area (Å²) in [4.78, 5) is 35.3. The Kier molecular flexibility index (Phi) is 5.23. The molecule has 3 aromatic rings. The van der Waals surface area contributed by atoms with Gasteiger partial charge in [-0.2, -0.15) is 0 Å². The van der Waals surface area contributed by atoms with Crippen LogP contribution in [0.5, 0.6) is 0 Å². The Hall–Kier alpha value is -3.16. The van der Waals surface area contributed by atoms with Gasteiger partial charge in [-0.15, -0.1) is 0 Å². The minimum absolute atomic E-state index is 0.198. The molecular weight excluding hydrogens is 486 g/mol. The molecule has 2 aliphatic rings. The van der Waals surface area contributed by atoms with Gasteiger partial charge in [0.05, 0.1) is 27.5 Å². The monoisotopic (exact) mass is 503 g/mol. The number of carbonyl (C=O) groups excluding carboxylic acids is 2. The number of fused-ring (bicyclic) bond motifs is 1. The number of benzene rings is 3. The molecule has 3 aromatic carbocycles. The van der Waals surface area contributed by atoms with Gasteiger partial charge in [-0.1, -0.05) is 36.4 Å². The number of carbonyl (C=O) groups is 2. The van der Waals surface area contributed by atoms with Gasteiger partial charge in [0, 0.05) is 17.1 Å². The average Bonchev–Trinajstić information content (AvgIpc) is 3.22. The third-order valence-electron chi connectivity index (χ3n) is 5.34. The molecule has 0 aromatic heterocycles. The number of likely N-dealkylation sites (N-methyl/N-ethyl adjacent to an activating group) is 1. The van der Waals surface area contributed by atoms with Crippen LogP contribution < -0.4 is 9.80 Å². The van der Waals surface area contributed by atoms with E-state index < -0.39 is 0 Å². The molecule has 7 heteroatoms. The van der Waals surface area contributed by atoms with Crippen LogP contribution in [-0.4, -0.2) is 24.0 Å². The van der Waals surface area contributed by atoms with E-state index in [0.29, 0.717) is 21.3 Å². The van der Waals surface area contributed by atoms with Gasteiger partial charge in [0.25, 0.3) is 11.8 Å². The quantitative estimate of drug-likeness (QED) is 0.408. The van der Waals surface area contributed by atoms with Crippen LogP contribution in [0.4, 0.5) is 17.1 Å². The van der Waals surface area contributed by atoms with Crippen LogP contribution in [0.25, 0.3) is 5.57 Å². The van der Waals surface area contributed by atoms with Gasteiger partial charge < -0.3 is 4.90 Å². The van der Waals surface area contributed by atoms with Crippen molar-refractivity contribution in [3.05, 3.63) is 93.3 Å². The fraction of sp³-hybridized carbons (Fsp3) is 0.0800. The van der Waals surface area contributed by atoms with E-state index in [4.69, 9.17) is 4.99 Å². The van der Waals surface area contributed by atoms with E-state index in [1.165, 1.54) is 11.8 Å². The number of anilines is 2. The molecule has 0 radical (unpaired) electrons. The summed E-state index contributed by atoms with van der Waals surface area (Å²) in [7, 11) is 1.73. The highest BCUT2D eigenvalue weighted by Crippen LogP contribution is 2.48. The normalized spacial score (nSPS) is 19.3. The lowest BCUT2D eigenvalue weighted by Crippen LogP contribution is -2.29. The smallest absolute Gasteiger partial charge is 0.272 e. The Morgan fingerprint density at radius 2 is 1.56 bits per heavy atom. The van der Waals surface area contributed by atoms with Gasteiger partial charge in [0.2, 0.25) is 0 Å². The lowest BCUT2D eigenvalue weighted by atomic mass is 10.0. The summed E-state index contributed by atoms with van der Waals surface area (Å²) in [5.74, 6) is -0.450. The highest BCUT2D eigenvalue weighted by atomic mass is 79.9. The Labute approximate surface area is 198 Å². The van der Waals surface area contributed by atoms with E-state index in [9.17, 15) is 9.59 Å². The molecule has 0 unspecified atom stereocenters. The van der Waals surface area contributed by atoms with Crippen LogP contribution in [0.2, 0.25) is 0 Å². The van der Waals surface area contributed by atoms with E-state index in [0.717, 1.165) is 27.0 Å². The van der Waals surface area contributed by atoms with Crippen LogP contribution in [0.3, 0.4) is 0 Å². The number of hydrogen-bond donors (Lipinski definition) is 0. The molecule has 5 nitrogen and oxygen atoms in total. The lowest BCUT2D eigenvalue weighted by Gasteiger charge is -2.15. The summed E-state index contributed by atoms with van der Waals surface area (Å²) < 4.78 is 0.826. The molecule has 0 aliphatic carbocycles. The second-order valence-electron chi connectivity index (χ2n) is 7.52. The number of aliphatic imine (C=N–C) groups is 1. The van der Waals surface area contributed by atoms with Crippen molar-refractivity contribution >= 4 is 67.3 Å². The highest BCUT2D eigenvalue weighted by molar-refractivity contribution is 9.10. The zero-order chi connectivity index (χ0) is 22.4. The minimum Gasteiger partial charge on any atom is -0.310 e. The maximum Gasteiger partial charge on any atom is 0.272 e. The number of rotatable bonds is 2. The summed E-state index contributed by atoms with van der Waals surface area (Å²) in [5, 5.41) is 0.519. The fourth-order valence-corrected chi connectivity index (χ4v) is 5.82. The summed E-state index contributed by atoms with van der Waals surface area (Å²) >= 11 is 4.82. The molecule has 0 atom stereocenters. The second kappa shape index (κ2) is 8.07. The molecular formula is C25H18BrN3O2S. The summed E-state index contributed by atoms with van der Waals surface area (Å²) in [6, 6.07) is 22.8. The molecule has 158 valence electrons. The summed E-state index contributed by atoms with van der Waals surface area (Å²) in [6.45, 7) is 1.97. The van der Waals surface area contributed by atoms with Crippen molar-refractivity contribution in [1.29, 1.82) is 0 Å². The van der Waals surface area contributed by atoms with Crippen molar-refractivity contribution in [3.63, 3.8) is 0 Å². The van der Waals surface area contributed by atoms with Gasteiger partial charge in [-0.3, -0.25) is 14.5 Å². The van der Waals surface area contributed by atoms with Crippen molar-refractivity contribution in [2.24, 2.45) is 4.99 Å². The van der Waals surface area contributed by atoms with Crippen molar-refractivity contribution in [3.8, 4) is 0 Å². The number of para-hydroxylation sites is 2. The SMILES string of the molecule is Cc1cc(Br)c2c(c1)/C(=C1/SC(=Nc3ccccc3)N(c3ccccc3)C1=O)C(=O)N2C. The maximum absolute atomic E-state index is 13.7. The first-order valence-corrected chi connectivity index (χ1v) is 11.6. The molecule has 5 rings (SSSR count). The number of amides is 2. The Morgan fingerprint density at radius 3 is 2.25 bits per heavy atom. The standard InChI is InChI=1S/C25H18BrN3O2S/c1-15-13-18-20(23(30)28(2)21(18)19(26)14-15)22-24(31)29(17-11-7-4-8-12-17)25(32-22)27-16-9-5-3-6-10-16/h3-14H,1-2H3/b22-20-,27-25?. The predicted octanol–water partition coefficient (Wildman–Crippen LogP) is 5.91. The first kappa shape index (κ1) is 20.7. The zero-order valence-electron chi connectivity index (χ0n) is 17.4. The third kappa shape index (κ3) is 3.38. The minimum atomic E-state index is -0.252. The van der Waals surface area contributed by atoms with Crippen molar-refractivity contribution in [2.45, 2.75) is 6.92 Å². The van der Waals surface area contributed by atoms with Crippen LogP contribution in [0, 0.1) is 6.92 Å². The third-order valence-corrected chi connectivity index (χ3v) is 6.98. The molecule has 2 amide bonds. The van der Waals surface area contributed by atoms with Gasteiger partial charge in [-0.25, -0.2) is 4.99 Å². The molecule has 0 spiro atoms. The maximum atomic E-state index is 13.7. The van der Waals surface area contributed by atoms with E-state index in [1.54, 1.807) is 16.8 Å². The van der Waals surface area contributed by atoms with E-state index >= 15 is 0 Å². The molecule has 0 bridgehead atoms. The van der Waals surface area contributed by atoms with E-state index in [2.05, 4.69) is 15.9 Å². The molecule has 1 saturated heterocycles. The van der Waals surface area contributed by atoms with Gasteiger partial charge >= 0.3 is 0 Å². The van der Waals surface area contributed by atoms with Crippen molar-refractivity contribution in [1.82, 2.24) is 0 Å². The molecule has 0 saturated carbocycles. The highest BCUT2D eigenvalue weighted by Gasteiger charge is 2.43. The number of amidine groups is 1. The largest absolute Gasteiger partial charge is 0.310 e. The molecule has 32 heavy (non-hydrogen) atoms. The van der Waals surface area contributed by atoms with Gasteiger partial charge in [-0.05, 0) is 76.6 Å². The molecule has 1 fully saturated rings. The van der Waals surface area contributed by atoms with Crippen LogP contribution >= 0.6 is 27.7 Å². The van der Waals surface area contributed by atoms with Crippen molar-refractivity contribution in [2.75, 3.05) is 16.8 Å². The number of hydrogen-bond acceptors (Lipinski definition) is 4. The Balaban J connectivity index is 1.72. The van der Waals surface area contributed by atoms with Crippen LogP contribution in [0.1, 0.15) is 11.1 Å². The van der Waals surface area contributed by atoms with Crippen molar-refractivity contribution < 1.29 is 9.59 Å². The van der Waals surface area contributed by atoms with Gasteiger partial charge in [0.1, 0.15) is 0 Å². The average molecular weight is 504 g/mol. The number of thioether (sulfide) groups is 1. The number of nitrogens with zero attached hydrogens (tertiary/aromatic N) is 3. The van der Waals surface area contributed by atoms with E-state index in [1.807, 2.05) is 79.7 Å².